The van der Waals surface area contributed by atoms with Crippen LogP contribution in [-0.2, 0) is 0 Å². The highest BCUT2D eigenvalue weighted by atomic mass is 79.9. The summed E-state index contributed by atoms with van der Waals surface area (Å²) in [4.78, 5) is 12.0. The van der Waals surface area contributed by atoms with Crippen LogP contribution in [0, 0.1) is 19.3 Å². The topological polar surface area (TPSA) is 29.1 Å². The smallest absolute Gasteiger partial charge is 0.252 e. The molecule has 0 aromatic heterocycles. The minimum atomic E-state index is -0.185. The molecule has 1 aromatic carbocycles. The SMILES string of the molecule is C#CC(CCC)NC(=O)c1ccc(Br)cc1C. The molecule has 90 valence electrons. The third kappa shape index (κ3) is 3.90. The number of hydrogen-bond donors (Lipinski definition) is 1. The van der Waals surface area contributed by atoms with Gasteiger partial charge in [-0.05, 0) is 37.1 Å². The number of aryl methyl sites for hydroxylation is 1. The van der Waals surface area contributed by atoms with Crippen molar-refractivity contribution < 1.29 is 4.79 Å². The number of carbonyl (C=O) groups is 1. The molecule has 0 heterocycles. The summed E-state index contributed by atoms with van der Waals surface area (Å²) in [6.07, 6.45) is 7.13. The average molecular weight is 294 g/mol. The fraction of sp³-hybridized carbons (Fsp3) is 0.357. The van der Waals surface area contributed by atoms with E-state index in [2.05, 4.69) is 27.2 Å². The number of benzene rings is 1. The van der Waals surface area contributed by atoms with E-state index in [1.165, 1.54) is 0 Å². The molecule has 0 saturated carbocycles. The minimum absolute atomic E-state index is 0.105. The second-order valence-corrected chi connectivity index (χ2v) is 4.86. The number of rotatable bonds is 4. The Morgan fingerprint density at radius 1 is 1.59 bits per heavy atom. The van der Waals surface area contributed by atoms with Gasteiger partial charge in [0.15, 0.2) is 0 Å². The molecule has 3 heteroatoms. The molecule has 1 aromatic rings. The molecule has 1 unspecified atom stereocenters. The second-order valence-electron chi connectivity index (χ2n) is 3.94. The number of halogens is 1. The Labute approximate surface area is 111 Å². The van der Waals surface area contributed by atoms with Crippen LogP contribution in [0.3, 0.4) is 0 Å². The zero-order valence-electron chi connectivity index (χ0n) is 10.1. The van der Waals surface area contributed by atoms with Crippen LogP contribution in [0.5, 0.6) is 0 Å². The molecule has 2 nitrogen and oxygen atoms in total. The van der Waals surface area contributed by atoms with E-state index < -0.39 is 0 Å². The Morgan fingerprint density at radius 3 is 2.82 bits per heavy atom. The van der Waals surface area contributed by atoms with E-state index in [0.717, 1.165) is 22.9 Å². The summed E-state index contributed by atoms with van der Waals surface area (Å²) in [5.74, 6) is 2.49. The summed E-state index contributed by atoms with van der Waals surface area (Å²) in [6, 6.07) is 5.39. The number of nitrogens with one attached hydrogen (secondary N) is 1. The highest BCUT2D eigenvalue weighted by Crippen LogP contribution is 2.16. The van der Waals surface area contributed by atoms with Gasteiger partial charge in [0.1, 0.15) is 0 Å². The first-order valence-electron chi connectivity index (χ1n) is 5.61. The Hall–Kier alpha value is -1.27. The van der Waals surface area contributed by atoms with Crippen LogP contribution in [0.25, 0.3) is 0 Å². The molecule has 1 rings (SSSR count). The molecule has 0 bridgehead atoms. The van der Waals surface area contributed by atoms with Crippen LogP contribution in [0.1, 0.15) is 35.7 Å². The number of carbonyl (C=O) groups excluding carboxylic acids is 1. The molecule has 1 amide bonds. The Kier molecular flexibility index (Phi) is 5.24. The van der Waals surface area contributed by atoms with E-state index >= 15 is 0 Å². The molecule has 0 fully saturated rings. The van der Waals surface area contributed by atoms with Crippen molar-refractivity contribution in [1.29, 1.82) is 0 Å². The van der Waals surface area contributed by atoms with Crippen molar-refractivity contribution in [3.63, 3.8) is 0 Å². The molecular formula is C14H16BrNO. The molecule has 0 radical (unpaired) electrons. The maximum Gasteiger partial charge on any atom is 0.252 e. The number of amides is 1. The molecule has 0 aliphatic carbocycles. The van der Waals surface area contributed by atoms with Crippen LogP contribution in [-0.4, -0.2) is 11.9 Å². The molecule has 17 heavy (non-hydrogen) atoms. The van der Waals surface area contributed by atoms with Gasteiger partial charge >= 0.3 is 0 Å². The minimum Gasteiger partial charge on any atom is -0.338 e. The molecule has 1 N–H and O–H groups in total. The van der Waals surface area contributed by atoms with Crippen LogP contribution in [0.2, 0.25) is 0 Å². The fourth-order valence-electron chi connectivity index (χ4n) is 1.60. The van der Waals surface area contributed by atoms with E-state index in [9.17, 15) is 4.79 Å². The van der Waals surface area contributed by atoms with Crippen LogP contribution in [0.4, 0.5) is 0 Å². The summed E-state index contributed by atoms with van der Waals surface area (Å²) in [6.45, 7) is 3.95. The van der Waals surface area contributed by atoms with Gasteiger partial charge in [-0.25, -0.2) is 0 Å². The lowest BCUT2D eigenvalue weighted by Crippen LogP contribution is -2.34. The molecule has 0 aliphatic rings. The molecule has 0 aliphatic heterocycles. The number of hydrogen-bond acceptors (Lipinski definition) is 1. The third-order valence-corrected chi connectivity index (χ3v) is 3.01. The highest BCUT2D eigenvalue weighted by Gasteiger charge is 2.12. The van der Waals surface area contributed by atoms with Crippen molar-refractivity contribution in [2.45, 2.75) is 32.7 Å². The van der Waals surface area contributed by atoms with Crippen molar-refractivity contribution in [3.8, 4) is 12.3 Å². The maximum absolute atomic E-state index is 12.0. The quantitative estimate of drug-likeness (QED) is 0.848. The average Bonchev–Trinajstić information content (AvgIpc) is 2.28. The van der Waals surface area contributed by atoms with Crippen molar-refractivity contribution in [1.82, 2.24) is 5.32 Å². The lowest BCUT2D eigenvalue weighted by atomic mass is 10.1. The predicted molar refractivity (Wildman–Crippen MR) is 73.9 cm³/mol. The summed E-state index contributed by atoms with van der Waals surface area (Å²) in [5.41, 5.74) is 1.61. The van der Waals surface area contributed by atoms with E-state index in [1.54, 1.807) is 6.07 Å². The maximum atomic E-state index is 12.0. The zero-order valence-corrected chi connectivity index (χ0v) is 11.7. The van der Waals surface area contributed by atoms with Crippen LogP contribution in [0.15, 0.2) is 22.7 Å². The van der Waals surface area contributed by atoms with E-state index in [4.69, 9.17) is 6.42 Å². The Bertz CT molecular complexity index is 448. The van der Waals surface area contributed by atoms with Crippen LogP contribution >= 0.6 is 15.9 Å². The summed E-state index contributed by atoms with van der Waals surface area (Å²) < 4.78 is 0.966. The van der Waals surface area contributed by atoms with Gasteiger partial charge in [0.05, 0.1) is 6.04 Å². The fourth-order valence-corrected chi connectivity index (χ4v) is 2.08. The molecule has 0 spiro atoms. The molecular weight excluding hydrogens is 278 g/mol. The largest absolute Gasteiger partial charge is 0.338 e. The predicted octanol–water partition coefficient (Wildman–Crippen LogP) is 3.29. The lowest BCUT2D eigenvalue weighted by Gasteiger charge is -2.13. The molecule has 0 saturated heterocycles. The normalized spacial score (nSPS) is 11.6. The third-order valence-electron chi connectivity index (χ3n) is 2.52. The summed E-state index contributed by atoms with van der Waals surface area (Å²) >= 11 is 3.37. The van der Waals surface area contributed by atoms with Crippen molar-refractivity contribution in [3.05, 3.63) is 33.8 Å². The zero-order chi connectivity index (χ0) is 12.8. The first kappa shape index (κ1) is 13.8. The van der Waals surface area contributed by atoms with E-state index in [0.29, 0.717) is 5.56 Å². The van der Waals surface area contributed by atoms with E-state index in [-0.39, 0.29) is 11.9 Å². The van der Waals surface area contributed by atoms with Gasteiger partial charge in [0.2, 0.25) is 0 Å². The number of terminal acetylenes is 1. The highest BCUT2D eigenvalue weighted by molar-refractivity contribution is 9.10. The summed E-state index contributed by atoms with van der Waals surface area (Å²) in [7, 11) is 0. The molecule has 1 atom stereocenters. The standard InChI is InChI=1S/C14H16BrNO/c1-4-6-12(5-2)16-14(17)13-8-7-11(15)9-10(13)3/h2,7-9,12H,4,6H2,1,3H3,(H,16,17). The first-order chi connectivity index (χ1) is 8.08. The van der Waals surface area contributed by atoms with Crippen molar-refractivity contribution >= 4 is 21.8 Å². The Morgan fingerprint density at radius 2 is 2.29 bits per heavy atom. The second kappa shape index (κ2) is 6.46. The van der Waals surface area contributed by atoms with Gasteiger partial charge in [0, 0.05) is 10.0 Å². The van der Waals surface area contributed by atoms with Crippen LogP contribution < -0.4 is 5.32 Å². The van der Waals surface area contributed by atoms with E-state index in [1.807, 2.05) is 26.0 Å². The van der Waals surface area contributed by atoms with Crippen molar-refractivity contribution in [2.24, 2.45) is 0 Å². The lowest BCUT2D eigenvalue weighted by molar-refractivity contribution is 0.0943. The van der Waals surface area contributed by atoms with Gasteiger partial charge in [-0.2, -0.15) is 0 Å². The first-order valence-corrected chi connectivity index (χ1v) is 6.41. The van der Waals surface area contributed by atoms with Gasteiger partial charge in [-0.3, -0.25) is 4.79 Å². The van der Waals surface area contributed by atoms with Gasteiger partial charge in [-0.1, -0.05) is 35.2 Å². The van der Waals surface area contributed by atoms with Gasteiger partial charge in [0.25, 0.3) is 5.91 Å². The van der Waals surface area contributed by atoms with Gasteiger partial charge in [-0.15, -0.1) is 6.42 Å². The van der Waals surface area contributed by atoms with Crippen molar-refractivity contribution in [2.75, 3.05) is 0 Å². The van der Waals surface area contributed by atoms with Gasteiger partial charge < -0.3 is 5.32 Å². The monoisotopic (exact) mass is 293 g/mol. The Balaban J connectivity index is 2.79. The summed E-state index contributed by atoms with van der Waals surface area (Å²) in [5, 5.41) is 2.85.